The van der Waals surface area contributed by atoms with Gasteiger partial charge >= 0.3 is 0 Å². The Hall–Kier alpha value is -4.73. The second-order valence-corrected chi connectivity index (χ2v) is 32.7. The van der Waals surface area contributed by atoms with Gasteiger partial charge in [0.05, 0.1) is 0 Å². The summed E-state index contributed by atoms with van der Waals surface area (Å²) < 4.78 is 0. The van der Waals surface area contributed by atoms with E-state index in [1.54, 1.807) is 18.2 Å². The fraction of sp³-hybridized carbons (Fsp3) is 0.716. The molecule has 1 aromatic carbocycles. The van der Waals surface area contributed by atoms with Gasteiger partial charge in [-0.15, -0.1) is 0 Å². The maximum atomic E-state index is 15.4. The summed E-state index contributed by atoms with van der Waals surface area (Å²) in [5.74, 6) is 1.50. The molecule has 10 nitrogen and oxygen atoms in total. The van der Waals surface area contributed by atoms with Crippen LogP contribution in [0.25, 0.3) is 0 Å². The summed E-state index contributed by atoms with van der Waals surface area (Å²) in [6.07, 6.45) is 21.9. The quantitative estimate of drug-likeness (QED) is 0.0695. The molecule has 84 heavy (non-hydrogen) atoms. The molecule has 0 aliphatic carbocycles. The number of carbonyl (C=O) groups is 5. The molecule has 0 fully saturated rings. The maximum absolute atomic E-state index is 15.4. The smallest absolute Gasteiger partial charge is 0.191 e. The first kappa shape index (κ1) is 68.4. The molecule has 0 saturated heterocycles. The number of benzene rings is 1. The third-order valence-corrected chi connectivity index (χ3v) is 19.9. The first-order chi connectivity index (χ1) is 38.7. The van der Waals surface area contributed by atoms with Gasteiger partial charge in [0, 0.05) is 152 Å². The average Bonchev–Trinajstić information content (AvgIpc) is 3.26. The van der Waals surface area contributed by atoms with Crippen molar-refractivity contribution < 1.29 is 24.0 Å². The van der Waals surface area contributed by atoms with Crippen LogP contribution in [0, 0.1) is 50.7 Å². The Morgan fingerprint density at radius 2 is 0.774 bits per heavy atom. The van der Waals surface area contributed by atoms with E-state index >= 15 is 14.4 Å². The van der Waals surface area contributed by atoms with Gasteiger partial charge in [0.1, 0.15) is 0 Å². The summed E-state index contributed by atoms with van der Waals surface area (Å²) in [5.41, 5.74) is 3.38. The molecule has 5 aliphatic rings. The second kappa shape index (κ2) is 26.7. The lowest BCUT2D eigenvalue weighted by Crippen LogP contribution is -2.50. The van der Waals surface area contributed by atoms with Crippen molar-refractivity contribution in [3.63, 3.8) is 0 Å². The zero-order chi connectivity index (χ0) is 62.7. The van der Waals surface area contributed by atoms with Gasteiger partial charge in [-0.25, -0.2) is 0 Å². The predicted octanol–water partition coefficient (Wildman–Crippen LogP) is 16.7. The molecule has 468 valence electrons. The molecule has 6 rings (SSSR count). The third-order valence-electron chi connectivity index (χ3n) is 19.9. The van der Waals surface area contributed by atoms with E-state index in [1.807, 2.05) is 12.4 Å². The Balaban J connectivity index is 1.17. The van der Waals surface area contributed by atoms with E-state index in [-0.39, 0.29) is 67.7 Å². The molecule has 1 aromatic rings. The highest BCUT2D eigenvalue weighted by Crippen LogP contribution is 2.47. The molecule has 2 unspecified atom stereocenters. The van der Waals surface area contributed by atoms with Crippen molar-refractivity contribution in [3.05, 3.63) is 93.8 Å². The molecular formula is C74H117N5O5. The van der Waals surface area contributed by atoms with E-state index in [4.69, 9.17) is 0 Å². The van der Waals surface area contributed by atoms with Gasteiger partial charge in [0.15, 0.2) is 28.9 Å². The summed E-state index contributed by atoms with van der Waals surface area (Å²) in [4.78, 5) is 85.1. The number of hydrogen-bond acceptors (Lipinski definition) is 10. The van der Waals surface area contributed by atoms with E-state index in [2.05, 4.69) is 188 Å². The molecule has 0 N–H and O–H groups in total. The number of nitrogens with zero attached hydrogens (tertiary/aromatic N) is 5. The minimum absolute atomic E-state index is 0.00264. The van der Waals surface area contributed by atoms with Gasteiger partial charge in [0.2, 0.25) is 0 Å². The zero-order valence-electron chi connectivity index (χ0n) is 57.1. The van der Waals surface area contributed by atoms with Crippen molar-refractivity contribution in [3.8, 4) is 0 Å². The number of Topliss-reactive ketones (excluding diaryl/α,β-unsaturated/α-hetero) is 5. The third kappa shape index (κ3) is 17.1. The van der Waals surface area contributed by atoms with Crippen LogP contribution in [0.1, 0.15) is 260 Å². The fourth-order valence-corrected chi connectivity index (χ4v) is 13.6. The monoisotopic (exact) mass is 1160 g/mol. The Morgan fingerprint density at radius 3 is 1.15 bits per heavy atom. The van der Waals surface area contributed by atoms with Crippen LogP contribution in [0.4, 0.5) is 0 Å². The molecule has 0 amide bonds. The molecule has 2 atom stereocenters. The highest BCUT2D eigenvalue weighted by Gasteiger charge is 2.44. The van der Waals surface area contributed by atoms with Gasteiger partial charge in [-0.2, -0.15) is 0 Å². The minimum Gasteiger partial charge on any atom is -0.377 e. The molecular weight excluding hydrogens is 1040 g/mol. The molecule has 0 spiro atoms. The van der Waals surface area contributed by atoms with Crippen molar-refractivity contribution in [1.29, 1.82) is 0 Å². The predicted molar refractivity (Wildman–Crippen MR) is 349 cm³/mol. The standard InChI is InChI=1S/C74H117N5O5/c1-51(2)42-75-34-30-71(14,15)60(46-75)65(82)54-39-55(66(83)61-47-76(43-52(3)4)35-31-72(61,16)17)41-56(40-54)67(84)62-48-77(36-32-73(62,18)19)44-53(5)38-57-45-79(69(9,10)11)50-59(74(57,20)21)64(81)29-27-25-23-22-24-26-28-63(80)58-49-78(68(6,7)8)37-33-70(58,12)13/h39-41,46-53,57H,22-38,42-45H2,1-21H3. The van der Waals surface area contributed by atoms with Crippen LogP contribution in [0.3, 0.4) is 0 Å². The van der Waals surface area contributed by atoms with E-state index in [0.29, 0.717) is 63.9 Å². The van der Waals surface area contributed by atoms with Crippen LogP contribution in [0.5, 0.6) is 0 Å². The van der Waals surface area contributed by atoms with Gasteiger partial charge < -0.3 is 24.5 Å². The highest BCUT2D eigenvalue weighted by atomic mass is 16.1. The largest absolute Gasteiger partial charge is 0.377 e. The molecule has 0 bridgehead atoms. The fourth-order valence-electron chi connectivity index (χ4n) is 13.6. The van der Waals surface area contributed by atoms with Crippen molar-refractivity contribution in [2.24, 2.45) is 50.7 Å². The van der Waals surface area contributed by atoms with E-state index < -0.39 is 5.41 Å². The number of allylic oxidation sites excluding steroid dienone is 5. The molecule has 5 heterocycles. The Kier molecular flexibility index (Phi) is 21.7. The summed E-state index contributed by atoms with van der Waals surface area (Å²) in [6, 6.07) is 5.30. The highest BCUT2D eigenvalue weighted by molar-refractivity contribution is 6.17. The number of carbonyl (C=O) groups excluding carboxylic acids is 5. The molecule has 0 saturated carbocycles. The molecule has 0 aromatic heterocycles. The van der Waals surface area contributed by atoms with Crippen molar-refractivity contribution in [1.82, 2.24) is 24.5 Å². The van der Waals surface area contributed by atoms with Crippen LogP contribution in [0.2, 0.25) is 0 Å². The second-order valence-electron chi connectivity index (χ2n) is 32.7. The van der Waals surface area contributed by atoms with Crippen LogP contribution in [-0.4, -0.2) is 117 Å². The molecule has 10 heteroatoms. The van der Waals surface area contributed by atoms with Gasteiger partial charge in [-0.1, -0.05) is 130 Å². The van der Waals surface area contributed by atoms with Crippen LogP contribution >= 0.6 is 0 Å². The topological polar surface area (TPSA) is 102 Å². The average molecular weight is 1160 g/mol. The summed E-state index contributed by atoms with van der Waals surface area (Å²) in [7, 11) is 0. The van der Waals surface area contributed by atoms with Crippen molar-refractivity contribution in [2.75, 3.05) is 52.4 Å². The summed E-state index contributed by atoms with van der Waals surface area (Å²) in [5, 5.41) is 0. The van der Waals surface area contributed by atoms with E-state index in [9.17, 15) is 9.59 Å². The minimum atomic E-state index is -0.448. The lowest BCUT2D eigenvalue weighted by atomic mass is 9.66. The summed E-state index contributed by atoms with van der Waals surface area (Å²) in [6.45, 7) is 53.1. The number of rotatable bonds is 25. The maximum Gasteiger partial charge on any atom is 0.191 e. The van der Waals surface area contributed by atoms with E-state index in [0.717, 1.165) is 134 Å². The first-order valence-electron chi connectivity index (χ1n) is 33.0. The molecule has 0 radical (unpaired) electrons. The normalized spacial score (nSPS) is 21.8. The van der Waals surface area contributed by atoms with Gasteiger partial charge in [-0.3, -0.25) is 24.0 Å². The van der Waals surface area contributed by atoms with Crippen LogP contribution in [-0.2, 0) is 9.59 Å². The number of unbranched alkanes of at least 4 members (excludes halogenated alkanes) is 5. The lowest BCUT2D eigenvalue weighted by Gasteiger charge is -2.49. The SMILES string of the molecule is CC(C)CN1C=C(C(=O)c2cc(C(=O)C3=CN(CC(C)C)CCC3(C)C)cc(C(=O)C3=CN(CC(C)CC4CN(C(C)(C)C)C=C(C(=O)CCCCCCCCC(=O)C5=CN(C(C)(C)C)CCC5(C)C)C4(C)C)CCC3(C)C)c2)C(C)(C)CC1. The Labute approximate surface area is 511 Å². The Bertz CT molecular complexity index is 2650. The van der Waals surface area contributed by atoms with Crippen LogP contribution < -0.4 is 0 Å². The van der Waals surface area contributed by atoms with E-state index in [1.165, 1.54) is 0 Å². The van der Waals surface area contributed by atoms with Crippen molar-refractivity contribution >= 4 is 28.9 Å². The zero-order valence-corrected chi connectivity index (χ0v) is 57.1. The molecule has 5 aliphatic heterocycles. The number of hydrogen-bond donors (Lipinski definition) is 0. The van der Waals surface area contributed by atoms with Crippen LogP contribution in [0.15, 0.2) is 77.1 Å². The lowest BCUT2D eigenvalue weighted by molar-refractivity contribution is -0.118. The summed E-state index contributed by atoms with van der Waals surface area (Å²) >= 11 is 0. The first-order valence-corrected chi connectivity index (χ1v) is 33.0. The van der Waals surface area contributed by atoms with Crippen molar-refractivity contribution in [2.45, 2.75) is 240 Å². The number of ketones is 5. The van der Waals surface area contributed by atoms with Gasteiger partial charge in [-0.05, 0) is 155 Å². The van der Waals surface area contributed by atoms with Gasteiger partial charge in [0.25, 0.3) is 0 Å². The Morgan fingerprint density at radius 1 is 0.440 bits per heavy atom.